The molecular formula is C9H13BrClN3O2S. The van der Waals surface area contributed by atoms with Gasteiger partial charge in [0, 0.05) is 25.0 Å². The first kappa shape index (κ1) is 13.3. The topological polar surface area (TPSA) is 55.2 Å². The van der Waals surface area contributed by atoms with Gasteiger partial charge in [-0.15, -0.1) is 0 Å². The largest absolute Gasteiger partial charge is 0.261 e. The molecule has 1 atom stereocenters. The summed E-state index contributed by atoms with van der Waals surface area (Å²) in [4.78, 5) is 0.207. The fraction of sp³-hybridized carbons (Fsp3) is 0.667. The summed E-state index contributed by atoms with van der Waals surface area (Å²) in [6.45, 7) is 1.01. The Morgan fingerprint density at radius 2 is 2.29 bits per heavy atom. The molecule has 1 saturated heterocycles. The summed E-state index contributed by atoms with van der Waals surface area (Å²) in [6, 6.07) is 0. The highest BCUT2D eigenvalue weighted by molar-refractivity contribution is 9.09. The highest BCUT2D eigenvalue weighted by Gasteiger charge is 2.33. The van der Waals surface area contributed by atoms with E-state index in [-0.39, 0.29) is 14.9 Å². The maximum atomic E-state index is 12.4. The van der Waals surface area contributed by atoms with Crippen molar-refractivity contribution >= 4 is 37.6 Å². The van der Waals surface area contributed by atoms with Crippen LogP contribution in [0, 0.1) is 0 Å². The van der Waals surface area contributed by atoms with Gasteiger partial charge in [0.15, 0.2) is 5.03 Å². The number of halogens is 2. The minimum Gasteiger partial charge on any atom is -0.255 e. The first-order valence-electron chi connectivity index (χ1n) is 5.24. The van der Waals surface area contributed by atoms with Gasteiger partial charge in [-0.05, 0) is 12.8 Å². The molecule has 96 valence electrons. The van der Waals surface area contributed by atoms with Crippen LogP contribution in [0.2, 0.25) is 5.02 Å². The Kier molecular flexibility index (Phi) is 3.82. The standard InChI is InChI=1S/C9H13BrClN3O2S/c1-13-9(8(11)5-12-13)17(15,16)14-4-2-3-7(10)6-14/h5,7H,2-4,6H2,1H3. The Labute approximate surface area is 114 Å². The summed E-state index contributed by atoms with van der Waals surface area (Å²) in [5, 5.41) is 4.10. The summed E-state index contributed by atoms with van der Waals surface area (Å²) in [6.07, 6.45) is 3.19. The van der Waals surface area contributed by atoms with E-state index in [1.807, 2.05) is 0 Å². The third-order valence-electron chi connectivity index (χ3n) is 2.75. The second-order valence-corrected chi connectivity index (χ2v) is 7.58. The SMILES string of the molecule is Cn1ncc(Cl)c1S(=O)(=O)N1CCCC(Br)C1. The van der Waals surface area contributed by atoms with Crippen LogP contribution in [0.15, 0.2) is 11.2 Å². The van der Waals surface area contributed by atoms with Crippen molar-refractivity contribution < 1.29 is 8.42 Å². The fourth-order valence-corrected chi connectivity index (χ4v) is 4.92. The Morgan fingerprint density at radius 3 is 2.82 bits per heavy atom. The van der Waals surface area contributed by atoms with Crippen LogP contribution in [0.1, 0.15) is 12.8 Å². The number of hydrogen-bond donors (Lipinski definition) is 0. The predicted octanol–water partition coefficient (Wildman–Crippen LogP) is 1.62. The molecule has 8 heteroatoms. The van der Waals surface area contributed by atoms with Crippen LogP contribution in [-0.4, -0.2) is 40.4 Å². The first-order valence-corrected chi connectivity index (χ1v) is 7.98. The Balaban J connectivity index is 2.36. The molecule has 0 spiro atoms. The molecule has 0 N–H and O–H groups in total. The molecular weight excluding hydrogens is 330 g/mol. The zero-order valence-corrected chi connectivity index (χ0v) is 12.5. The maximum Gasteiger partial charge on any atom is 0.261 e. The molecule has 0 bridgehead atoms. The van der Waals surface area contributed by atoms with Crippen molar-refractivity contribution in [2.75, 3.05) is 13.1 Å². The summed E-state index contributed by atoms with van der Waals surface area (Å²) in [5.41, 5.74) is 0. The highest BCUT2D eigenvalue weighted by Crippen LogP contribution is 2.27. The van der Waals surface area contributed by atoms with Crippen molar-refractivity contribution in [1.82, 2.24) is 14.1 Å². The lowest BCUT2D eigenvalue weighted by Gasteiger charge is -2.29. The third kappa shape index (κ3) is 2.52. The molecule has 1 unspecified atom stereocenters. The lowest BCUT2D eigenvalue weighted by atomic mass is 10.2. The van der Waals surface area contributed by atoms with Gasteiger partial charge >= 0.3 is 0 Å². The zero-order valence-electron chi connectivity index (χ0n) is 9.31. The van der Waals surface area contributed by atoms with Gasteiger partial charge in [-0.2, -0.15) is 9.40 Å². The summed E-state index contributed by atoms with van der Waals surface area (Å²) >= 11 is 9.34. The molecule has 1 aromatic rings. The normalized spacial score (nSPS) is 22.9. The van der Waals surface area contributed by atoms with Crippen LogP contribution in [-0.2, 0) is 17.1 Å². The minimum absolute atomic E-state index is 0.0702. The summed E-state index contributed by atoms with van der Waals surface area (Å²) < 4.78 is 27.5. The Hall–Kier alpha value is -0.110. The van der Waals surface area contributed by atoms with Gasteiger partial charge in [0.1, 0.15) is 0 Å². The molecule has 0 radical (unpaired) electrons. The van der Waals surface area contributed by atoms with Crippen LogP contribution in [0.3, 0.4) is 0 Å². The molecule has 1 aliphatic heterocycles. The Morgan fingerprint density at radius 1 is 1.59 bits per heavy atom. The molecule has 0 saturated carbocycles. The number of rotatable bonds is 2. The second kappa shape index (κ2) is 4.87. The van der Waals surface area contributed by atoms with Gasteiger partial charge in [0.05, 0.1) is 11.2 Å². The van der Waals surface area contributed by atoms with E-state index < -0.39 is 10.0 Å². The minimum atomic E-state index is -3.54. The van der Waals surface area contributed by atoms with Gasteiger partial charge in [-0.1, -0.05) is 27.5 Å². The molecule has 1 fully saturated rings. The van der Waals surface area contributed by atoms with Gasteiger partial charge in [-0.25, -0.2) is 8.42 Å². The lowest BCUT2D eigenvalue weighted by Crippen LogP contribution is -2.40. The number of aromatic nitrogens is 2. The quantitative estimate of drug-likeness (QED) is 0.768. The van der Waals surface area contributed by atoms with Crippen LogP contribution in [0.5, 0.6) is 0 Å². The van der Waals surface area contributed by atoms with E-state index in [2.05, 4.69) is 21.0 Å². The Bertz CT molecular complexity index is 497. The van der Waals surface area contributed by atoms with Crippen LogP contribution in [0.4, 0.5) is 0 Å². The molecule has 17 heavy (non-hydrogen) atoms. The number of piperidine rings is 1. The molecule has 0 aromatic carbocycles. The molecule has 1 aliphatic rings. The summed E-state index contributed by atoms with van der Waals surface area (Å²) in [7, 11) is -1.96. The van der Waals surface area contributed by atoms with Crippen molar-refractivity contribution in [2.45, 2.75) is 22.7 Å². The monoisotopic (exact) mass is 341 g/mol. The number of aryl methyl sites for hydroxylation is 1. The van der Waals surface area contributed by atoms with Crippen LogP contribution >= 0.6 is 27.5 Å². The van der Waals surface area contributed by atoms with Gasteiger partial charge in [0.25, 0.3) is 10.0 Å². The van der Waals surface area contributed by atoms with E-state index in [9.17, 15) is 8.42 Å². The average Bonchev–Trinajstić information content (AvgIpc) is 2.59. The predicted molar refractivity (Wildman–Crippen MR) is 68.9 cm³/mol. The van der Waals surface area contributed by atoms with E-state index in [1.165, 1.54) is 15.2 Å². The van der Waals surface area contributed by atoms with E-state index in [4.69, 9.17) is 11.6 Å². The number of sulfonamides is 1. The summed E-state index contributed by atoms with van der Waals surface area (Å²) in [5.74, 6) is 0. The molecule has 0 amide bonds. The average molecular weight is 343 g/mol. The number of alkyl halides is 1. The molecule has 5 nitrogen and oxygen atoms in total. The van der Waals surface area contributed by atoms with Gasteiger partial charge in [0.2, 0.25) is 0 Å². The molecule has 2 rings (SSSR count). The van der Waals surface area contributed by atoms with Crippen LogP contribution in [0.25, 0.3) is 0 Å². The number of hydrogen-bond acceptors (Lipinski definition) is 3. The van der Waals surface area contributed by atoms with Crippen LogP contribution < -0.4 is 0 Å². The van der Waals surface area contributed by atoms with Gasteiger partial charge < -0.3 is 0 Å². The van der Waals surface area contributed by atoms with Gasteiger partial charge in [-0.3, -0.25) is 4.68 Å². The van der Waals surface area contributed by atoms with E-state index in [1.54, 1.807) is 7.05 Å². The van der Waals surface area contributed by atoms with Crippen molar-refractivity contribution in [3.63, 3.8) is 0 Å². The molecule has 0 aliphatic carbocycles. The maximum absolute atomic E-state index is 12.4. The van der Waals surface area contributed by atoms with Crippen molar-refractivity contribution in [3.8, 4) is 0 Å². The number of nitrogens with zero attached hydrogens (tertiary/aromatic N) is 3. The van der Waals surface area contributed by atoms with E-state index in [0.29, 0.717) is 13.1 Å². The van der Waals surface area contributed by atoms with E-state index >= 15 is 0 Å². The molecule has 2 heterocycles. The van der Waals surface area contributed by atoms with Crippen molar-refractivity contribution in [2.24, 2.45) is 7.05 Å². The molecule has 1 aromatic heterocycles. The van der Waals surface area contributed by atoms with E-state index in [0.717, 1.165) is 12.8 Å². The van der Waals surface area contributed by atoms with Crippen molar-refractivity contribution in [1.29, 1.82) is 0 Å². The van der Waals surface area contributed by atoms with Crippen molar-refractivity contribution in [3.05, 3.63) is 11.2 Å². The fourth-order valence-electron chi connectivity index (χ4n) is 1.92. The lowest BCUT2D eigenvalue weighted by molar-refractivity contribution is 0.353. The zero-order chi connectivity index (χ0) is 12.6. The highest BCUT2D eigenvalue weighted by atomic mass is 79.9. The second-order valence-electron chi connectivity index (χ2n) is 4.02. The smallest absolute Gasteiger partial charge is 0.255 e. The third-order valence-corrected chi connectivity index (χ3v) is 5.87. The first-order chi connectivity index (χ1) is 7.93.